The second kappa shape index (κ2) is 5.28. The number of carbonyl (C=O) groups is 1. The fourth-order valence-electron chi connectivity index (χ4n) is 2.32. The lowest BCUT2D eigenvalue weighted by atomic mass is 9.92. The molecule has 0 aromatic heterocycles. The van der Waals surface area contributed by atoms with Crippen LogP contribution in [0.1, 0.15) is 11.1 Å². The Morgan fingerprint density at radius 1 is 1.14 bits per heavy atom. The molecule has 0 aliphatic carbocycles. The number of carbonyl (C=O) groups excluding carboxylic acids is 1. The predicted molar refractivity (Wildman–Crippen MR) is 82.8 cm³/mol. The van der Waals surface area contributed by atoms with E-state index in [2.05, 4.69) is 0 Å². The molecule has 102 valence electrons. The third-order valence-corrected chi connectivity index (χ3v) is 4.58. The number of rotatable bonds is 1. The molecule has 0 saturated heterocycles. The number of hydrogen-bond donors (Lipinski definition) is 1. The van der Waals surface area contributed by atoms with Crippen LogP contribution in [0.2, 0.25) is 5.02 Å². The van der Waals surface area contributed by atoms with Crippen LogP contribution in [-0.2, 0) is 4.79 Å². The molecule has 3 rings (SSSR count). The Balaban J connectivity index is 2.41. The van der Waals surface area contributed by atoms with Gasteiger partial charge in [0.25, 0.3) is 5.91 Å². The van der Waals surface area contributed by atoms with Crippen LogP contribution in [0, 0.1) is 11.3 Å². The van der Waals surface area contributed by atoms with Crippen LogP contribution in [0.15, 0.2) is 57.8 Å². The minimum Gasteiger partial charge on any atom is -0.365 e. The summed E-state index contributed by atoms with van der Waals surface area (Å²) >= 11 is 7.65. The van der Waals surface area contributed by atoms with Gasteiger partial charge >= 0.3 is 0 Å². The van der Waals surface area contributed by atoms with Crippen molar-refractivity contribution in [2.24, 2.45) is 5.73 Å². The summed E-state index contributed by atoms with van der Waals surface area (Å²) in [6.07, 6.45) is 0. The average molecular weight is 313 g/mol. The number of primary amides is 1. The maximum absolute atomic E-state index is 11.6. The van der Waals surface area contributed by atoms with Crippen molar-refractivity contribution in [2.75, 3.05) is 0 Å². The summed E-state index contributed by atoms with van der Waals surface area (Å²) in [6.45, 7) is 0. The smallest absolute Gasteiger partial charge is 0.260 e. The first-order chi connectivity index (χ1) is 10.1. The molecule has 0 radical (unpaired) electrons. The Kier molecular flexibility index (Phi) is 3.46. The van der Waals surface area contributed by atoms with Crippen LogP contribution in [0.3, 0.4) is 0 Å². The number of nitriles is 1. The van der Waals surface area contributed by atoms with Crippen LogP contribution in [0.5, 0.6) is 0 Å². The Bertz CT molecular complexity index is 836. The van der Waals surface area contributed by atoms with Crippen LogP contribution < -0.4 is 5.73 Å². The average Bonchev–Trinajstić information content (AvgIpc) is 2.47. The molecule has 2 N–H and O–H groups in total. The molecular formula is C16H9ClN2OS. The third-order valence-electron chi connectivity index (χ3n) is 3.20. The molecule has 0 bridgehead atoms. The van der Waals surface area contributed by atoms with Crippen molar-refractivity contribution in [3.63, 3.8) is 0 Å². The Hall–Kier alpha value is -2.22. The number of nitrogens with zero attached hydrogens (tertiary/aromatic N) is 1. The van der Waals surface area contributed by atoms with Crippen molar-refractivity contribution in [3.05, 3.63) is 64.2 Å². The van der Waals surface area contributed by atoms with E-state index in [0.29, 0.717) is 10.6 Å². The Labute approximate surface area is 131 Å². The van der Waals surface area contributed by atoms with E-state index in [1.807, 2.05) is 36.4 Å². The predicted octanol–water partition coefficient (Wildman–Crippen LogP) is 3.62. The van der Waals surface area contributed by atoms with Crippen LogP contribution in [0.25, 0.3) is 5.57 Å². The summed E-state index contributed by atoms with van der Waals surface area (Å²) in [5.41, 5.74) is 7.47. The van der Waals surface area contributed by atoms with Gasteiger partial charge < -0.3 is 5.73 Å². The van der Waals surface area contributed by atoms with Crippen molar-refractivity contribution in [1.82, 2.24) is 0 Å². The van der Waals surface area contributed by atoms with Gasteiger partial charge in [-0.3, -0.25) is 4.79 Å². The number of hydrogen-bond acceptors (Lipinski definition) is 3. The lowest BCUT2D eigenvalue weighted by Gasteiger charge is -2.22. The lowest BCUT2D eigenvalue weighted by molar-refractivity contribution is -0.114. The van der Waals surface area contributed by atoms with Crippen molar-refractivity contribution < 1.29 is 4.79 Å². The molecule has 0 unspecified atom stereocenters. The molecule has 0 saturated carbocycles. The van der Waals surface area contributed by atoms with E-state index in [1.165, 1.54) is 0 Å². The molecule has 1 aliphatic heterocycles. The summed E-state index contributed by atoms with van der Waals surface area (Å²) in [5, 5.41) is 9.87. The van der Waals surface area contributed by atoms with Crippen LogP contribution >= 0.6 is 23.4 Å². The number of halogens is 1. The second-order valence-electron chi connectivity index (χ2n) is 4.46. The number of nitrogens with two attached hydrogens (primary N) is 1. The summed E-state index contributed by atoms with van der Waals surface area (Å²) < 4.78 is 0. The highest BCUT2D eigenvalue weighted by molar-refractivity contribution is 7.99. The van der Waals surface area contributed by atoms with Crippen molar-refractivity contribution in [3.8, 4) is 6.07 Å². The van der Waals surface area contributed by atoms with Crippen LogP contribution in [0.4, 0.5) is 0 Å². The van der Waals surface area contributed by atoms with Gasteiger partial charge in [-0.15, -0.1) is 0 Å². The first-order valence-corrected chi connectivity index (χ1v) is 7.32. The van der Waals surface area contributed by atoms with E-state index >= 15 is 0 Å². The quantitative estimate of drug-likeness (QED) is 0.551. The van der Waals surface area contributed by atoms with E-state index in [4.69, 9.17) is 17.3 Å². The molecular weight excluding hydrogens is 304 g/mol. The third kappa shape index (κ3) is 2.31. The fraction of sp³-hybridized carbons (Fsp3) is 0. The molecule has 0 fully saturated rings. The van der Waals surface area contributed by atoms with Gasteiger partial charge in [0.05, 0.1) is 0 Å². The zero-order valence-electron chi connectivity index (χ0n) is 10.8. The van der Waals surface area contributed by atoms with E-state index in [1.54, 1.807) is 23.9 Å². The molecule has 1 aliphatic rings. The molecule has 0 atom stereocenters. The maximum atomic E-state index is 11.6. The second-order valence-corrected chi connectivity index (χ2v) is 5.98. The molecule has 1 amide bonds. The molecule has 0 spiro atoms. The summed E-state index contributed by atoms with van der Waals surface area (Å²) in [5.74, 6) is -0.736. The maximum Gasteiger partial charge on any atom is 0.260 e. The van der Waals surface area contributed by atoms with E-state index < -0.39 is 5.91 Å². The molecule has 21 heavy (non-hydrogen) atoms. The molecule has 1 heterocycles. The van der Waals surface area contributed by atoms with Gasteiger partial charge in [-0.1, -0.05) is 41.6 Å². The molecule has 3 nitrogen and oxygen atoms in total. The zero-order chi connectivity index (χ0) is 15.0. The van der Waals surface area contributed by atoms with Gasteiger partial charge in [0, 0.05) is 20.4 Å². The standard InChI is InChI=1S/C16H9ClN2OS/c17-9-5-6-14-11(7-9)15(12(8-18)16(19)20)10-3-1-2-4-13(10)21-14/h1-7H,(H2,19,20)/b15-12+. The zero-order valence-corrected chi connectivity index (χ0v) is 12.3. The monoisotopic (exact) mass is 312 g/mol. The molecule has 2 aromatic carbocycles. The Morgan fingerprint density at radius 2 is 1.86 bits per heavy atom. The Morgan fingerprint density at radius 3 is 2.57 bits per heavy atom. The molecule has 5 heteroatoms. The summed E-state index contributed by atoms with van der Waals surface area (Å²) in [6, 6.07) is 15.0. The number of amides is 1. The summed E-state index contributed by atoms with van der Waals surface area (Å²) in [4.78, 5) is 13.6. The van der Waals surface area contributed by atoms with Gasteiger partial charge in [0.1, 0.15) is 11.6 Å². The first-order valence-electron chi connectivity index (χ1n) is 6.13. The van der Waals surface area contributed by atoms with Gasteiger partial charge in [0.15, 0.2) is 0 Å². The highest BCUT2D eigenvalue weighted by atomic mass is 35.5. The highest BCUT2D eigenvalue weighted by Gasteiger charge is 2.25. The lowest BCUT2D eigenvalue weighted by Crippen LogP contribution is -2.16. The van der Waals surface area contributed by atoms with Crippen LogP contribution in [-0.4, -0.2) is 5.91 Å². The van der Waals surface area contributed by atoms with Gasteiger partial charge in [0.2, 0.25) is 0 Å². The van der Waals surface area contributed by atoms with E-state index in [-0.39, 0.29) is 5.57 Å². The number of benzene rings is 2. The highest BCUT2D eigenvalue weighted by Crippen LogP contribution is 2.47. The van der Waals surface area contributed by atoms with Gasteiger partial charge in [-0.25, -0.2) is 0 Å². The number of fused-ring (bicyclic) bond motifs is 2. The van der Waals surface area contributed by atoms with E-state index in [0.717, 1.165) is 20.9 Å². The van der Waals surface area contributed by atoms with Crippen molar-refractivity contribution in [1.29, 1.82) is 5.26 Å². The largest absolute Gasteiger partial charge is 0.365 e. The van der Waals surface area contributed by atoms with Crippen molar-refractivity contribution in [2.45, 2.75) is 9.79 Å². The molecule has 2 aromatic rings. The minimum atomic E-state index is -0.736. The topological polar surface area (TPSA) is 66.9 Å². The first kappa shape index (κ1) is 13.7. The summed E-state index contributed by atoms with van der Waals surface area (Å²) in [7, 11) is 0. The van der Waals surface area contributed by atoms with Gasteiger partial charge in [-0.05, 0) is 35.4 Å². The van der Waals surface area contributed by atoms with E-state index in [9.17, 15) is 10.1 Å². The fourth-order valence-corrected chi connectivity index (χ4v) is 3.56. The normalized spacial score (nSPS) is 14.7. The minimum absolute atomic E-state index is 0.0498. The van der Waals surface area contributed by atoms with Crippen molar-refractivity contribution >= 4 is 34.8 Å². The van der Waals surface area contributed by atoms with Gasteiger partial charge in [-0.2, -0.15) is 5.26 Å². The SMILES string of the molecule is N#C/C(C(N)=O)=C1/c2ccccc2Sc2ccc(Cl)cc21.